The van der Waals surface area contributed by atoms with Gasteiger partial charge < -0.3 is 42.6 Å². The summed E-state index contributed by atoms with van der Waals surface area (Å²) in [5, 5.41) is 3.18. The van der Waals surface area contributed by atoms with Crippen molar-refractivity contribution < 1.29 is 23.8 Å². The molecule has 0 saturated carbocycles. The van der Waals surface area contributed by atoms with E-state index in [1.807, 2.05) is 140 Å². The zero-order valence-electron chi connectivity index (χ0n) is 67.3. The van der Waals surface area contributed by atoms with Crippen LogP contribution in [0.1, 0.15) is 53.6 Å². The Labute approximate surface area is 676 Å². The van der Waals surface area contributed by atoms with E-state index in [0.717, 1.165) is 222 Å². The van der Waals surface area contributed by atoms with Gasteiger partial charge in [0.15, 0.2) is 0 Å². The Balaban J connectivity index is 0.000000131. The third kappa shape index (κ3) is 16.8. The Morgan fingerprint density at radius 3 is 1.31 bits per heavy atom. The number of ether oxygens (including phenoxy) is 3. The number of allylic oxidation sites excluding steroid dienone is 3. The third-order valence-electron chi connectivity index (χ3n) is 23.5. The molecule has 0 unspecified atom stereocenters. The van der Waals surface area contributed by atoms with Crippen molar-refractivity contribution in [2.24, 2.45) is 21.1 Å². The van der Waals surface area contributed by atoms with E-state index in [1.54, 1.807) is 23.5 Å². The first kappa shape index (κ1) is 77.7. The molecule has 6 aromatic heterocycles. The van der Waals surface area contributed by atoms with E-state index in [0.29, 0.717) is 51.7 Å². The van der Waals surface area contributed by atoms with Crippen molar-refractivity contribution >= 4 is 62.8 Å². The van der Waals surface area contributed by atoms with Gasteiger partial charge in [0.1, 0.15) is 30.5 Å². The van der Waals surface area contributed by atoms with Crippen LogP contribution in [0.15, 0.2) is 215 Å². The molecule has 0 spiro atoms. The molecule has 116 heavy (non-hydrogen) atoms. The third-order valence-corrected chi connectivity index (χ3v) is 23.5. The number of benzene rings is 6. The Hall–Kier alpha value is -12.2. The fraction of sp³-hybridized carbons (Fsp3) is 0.292. The van der Waals surface area contributed by atoms with E-state index in [4.69, 9.17) is 29.2 Å². The second-order valence-corrected chi connectivity index (χ2v) is 31.4. The van der Waals surface area contributed by atoms with Crippen LogP contribution in [0.4, 0.5) is 0 Å². The maximum Gasteiger partial charge on any atom is 0.254 e. The van der Waals surface area contributed by atoms with E-state index in [2.05, 4.69) is 155 Å². The average Bonchev–Trinajstić information content (AvgIpc) is 1.52. The van der Waals surface area contributed by atoms with Gasteiger partial charge in [-0.3, -0.25) is 38.7 Å². The van der Waals surface area contributed by atoms with Crippen molar-refractivity contribution in [3.05, 3.63) is 265 Å². The lowest BCUT2D eigenvalue weighted by Crippen LogP contribution is -2.54. The second kappa shape index (κ2) is 34.1. The van der Waals surface area contributed by atoms with E-state index >= 15 is 0 Å². The van der Waals surface area contributed by atoms with Crippen LogP contribution in [-0.2, 0) is 50.0 Å². The second-order valence-electron chi connectivity index (χ2n) is 31.4. The van der Waals surface area contributed by atoms with Crippen LogP contribution in [0.3, 0.4) is 0 Å². The highest BCUT2D eigenvalue weighted by Crippen LogP contribution is 2.37. The number of aromatic nitrogens is 6. The summed E-state index contributed by atoms with van der Waals surface area (Å²) in [5.74, 6) is 2.85. The number of fused-ring (bicyclic) bond motifs is 6. The SMILES string of the molecule is CN1CCN(CCOc2ccc(-c3ccc4cc(-c5cn(C)c(=O)c6c5C=CC6)ccc4n3)cc2)CC1.C[C@@H]1C(=O)N(C)CCN1CCCOc1cccc(-c2ccc3cc(-c4cn(C)c(=O)c5c4C=CC5)ccc3n2)c1.C[C@H]1CN(C)C(=O)CN1CCOc1ccc(-c2ccc3cc(-c4cn(C)c(=O)c5c4C=CC5)ccc3n2)cc1. The number of rotatable bonds is 19. The fourth-order valence-corrected chi connectivity index (χ4v) is 16.6. The van der Waals surface area contributed by atoms with Crippen molar-refractivity contribution in [2.75, 3.05) is 113 Å². The number of amides is 2. The number of carbonyl (C=O) groups is 2. The van der Waals surface area contributed by atoms with E-state index < -0.39 is 0 Å². The number of hydrogen-bond acceptors (Lipinski definition) is 15. The van der Waals surface area contributed by atoms with Crippen molar-refractivity contribution in [3.8, 4) is 84.4 Å². The number of piperazine rings is 3. The van der Waals surface area contributed by atoms with Crippen molar-refractivity contribution in [1.82, 2.24) is 58.1 Å². The van der Waals surface area contributed by atoms with Gasteiger partial charge in [0.05, 0.1) is 52.8 Å². The summed E-state index contributed by atoms with van der Waals surface area (Å²) in [6, 6.07) is 55.9. The number of pyridine rings is 6. The van der Waals surface area contributed by atoms with Crippen LogP contribution in [0.2, 0.25) is 0 Å². The van der Waals surface area contributed by atoms with Crippen LogP contribution in [0.25, 0.3) is 118 Å². The van der Waals surface area contributed by atoms with Gasteiger partial charge in [0, 0.05) is 192 Å². The smallest absolute Gasteiger partial charge is 0.254 e. The topological polar surface area (TPSA) is 186 Å². The highest BCUT2D eigenvalue weighted by atomic mass is 16.5. The quantitative estimate of drug-likeness (QED) is 0.0696. The standard InChI is InChI=1S/C33H34N4O3.C32H32N4O3.C31H32N4O2/c1-22-32(38)35(2)16-17-37(22)15-6-18-40-26-8-4-7-24(20-26)30-14-12-25-19-23(11-13-31(25)34-30)29-21-36(3)33(39)28-10-5-9-27(28)29;1-21-18-34(2)31(37)20-36(21)15-16-39-25-11-7-22(8-12-25)29-14-10-24-17-23(9-13-30(24)33-29)28-19-35(3)32(38)27-6-4-5-26(27)28;1-33-14-16-35(17-15-33)18-19-37-25-10-6-22(7-11-25)29-13-9-24-20-23(8-12-30(24)32-29)28-21-34(2)31(36)27-5-3-4-26(27)28/h4-5,7-9,11-14,19-22H,6,10,15-18H2,1-3H3;4-5,7-14,17,19,21H,6,15-16,18,20H2,1-3H3;3-4,6-13,20-21H,5,14-19H2,1-2H3/t22-;21-;/m10./s1. The molecule has 3 aliphatic carbocycles. The molecular formula is C96H98N12O8. The molecular weight excluding hydrogens is 1450 g/mol. The Bertz CT molecular complexity index is 6040. The number of likely N-dealkylation sites (N-methyl/N-ethyl adjacent to an activating group) is 3. The van der Waals surface area contributed by atoms with Gasteiger partial charge in [-0.2, -0.15) is 0 Å². The highest BCUT2D eigenvalue weighted by Gasteiger charge is 2.30. The summed E-state index contributed by atoms with van der Waals surface area (Å²) in [6.07, 6.45) is 21.1. The van der Waals surface area contributed by atoms with Crippen LogP contribution < -0.4 is 30.9 Å². The summed E-state index contributed by atoms with van der Waals surface area (Å²) in [7, 11) is 11.3. The maximum atomic E-state index is 12.5. The zero-order chi connectivity index (χ0) is 80.3. The summed E-state index contributed by atoms with van der Waals surface area (Å²) in [6.45, 7) is 15.8. The van der Waals surface area contributed by atoms with Crippen LogP contribution in [-0.4, -0.2) is 195 Å². The van der Waals surface area contributed by atoms with Crippen molar-refractivity contribution in [3.63, 3.8) is 0 Å². The largest absolute Gasteiger partial charge is 0.494 e. The zero-order valence-corrected chi connectivity index (χ0v) is 67.3. The van der Waals surface area contributed by atoms with Gasteiger partial charge >= 0.3 is 0 Å². The molecule has 0 bridgehead atoms. The Morgan fingerprint density at radius 1 is 0.397 bits per heavy atom. The molecule has 12 aromatic rings. The van der Waals surface area contributed by atoms with Gasteiger partial charge in [0.2, 0.25) is 11.8 Å². The minimum atomic E-state index is -0.0730. The minimum Gasteiger partial charge on any atom is -0.494 e. The van der Waals surface area contributed by atoms with Crippen LogP contribution in [0, 0.1) is 0 Å². The summed E-state index contributed by atoms with van der Waals surface area (Å²) in [5.41, 5.74) is 21.0. The van der Waals surface area contributed by atoms with Crippen molar-refractivity contribution in [1.29, 1.82) is 0 Å². The molecule has 9 heterocycles. The highest BCUT2D eigenvalue weighted by molar-refractivity contribution is 5.92. The summed E-state index contributed by atoms with van der Waals surface area (Å²) in [4.78, 5) is 89.3. The molecule has 3 saturated heterocycles. The molecule has 2 atom stereocenters. The van der Waals surface area contributed by atoms with Crippen molar-refractivity contribution in [2.45, 2.75) is 51.6 Å². The lowest BCUT2D eigenvalue weighted by molar-refractivity contribution is -0.139. The molecule has 0 N–H and O–H groups in total. The first-order valence-electron chi connectivity index (χ1n) is 40.3. The summed E-state index contributed by atoms with van der Waals surface area (Å²) >= 11 is 0. The lowest BCUT2D eigenvalue weighted by atomic mass is 9.98. The predicted octanol–water partition coefficient (Wildman–Crippen LogP) is 13.6. The lowest BCUT2D eigenvalue weighted by Gasteiger charge is -2.37. The molecule has 3 fully saturated rings. The molecule has 590 valence electrons. The normalized spacial score (nSPS) is 16.7. The van der Waals surface area contributed by atoms with E-state index in [-0.39, 0.29) is 34.5 Å². The predicted molar refractivity (Wildman–Crippen MR) is 464 cm³/mol. The first-order chi connectivity index (χ1) is 56.3. The van der Waals surface area contributed by atoms with Gasteiger partial charge in [-0.25, -0.2) is 15.0 Å². The fourth-order valence-electron chi connectivity index (χ4n) is 16.6. The maximum absolute atomic E-state index is 12.5. The first-order valence-corrected chi connectivity index (χ1v) is 40.3. The van der Waals surface area contributed by atoms with E-state index in [1.165, 1.54) is 0 Å². The average molecular weight is 1550 g/mol. The summed E-state index contributed by atoms with van der Waals surface area (Å²) < 4.78 is 23.1. The van der Waals surface area contributed by atoms with Gasteiger partial charge in [-0.1, -0.05) is 85.0 Å². The molecule has 6 aromatic carbocycles. The number of aryl methyl sites for hydroxylation is 3. The molecule has 18 rings (SSSR count). The molecule has 20 heteroatoms. The van der Waals surface area contributed by atoms with Gasteiger partial charge in [-0.05, 0) is 195 Å². The van der Waals surface area contributed by atoms with Gasteiger partial charge in [0.25, 0.3) is 16.7 Å². The molecule has 20 nitrogen and oxygen atoms in total. The monoisotopic (exact) mass is 1550 g/mol. The molecule has 0 radical (unpaired) electrons. The molecule has 6 aliphatic rings. The number of hydrogen-bond donors (Lipinski definition) is 0. The Kier molecular flexibility index (Phi) is 22.8. The van der Waals surface area contributed by atoms with Crippen LogP contribution in [0.5, 0.6) is 17.2 Å². The molecule has 3 aliphatic heterocycles. The van der Waals surface area contributed by atoms with E-state index in [9.17, 15) is 24.0 Å². The minimum absolute atomic E-state index is 0.0724. The molecule has 2 amide bonds. The van der Waals surface area contributed by atoms with Gasteiger partial charge in [-0.15, -0.1) is 0 Å². The van der Waals surface area contributed by atoms with Crippen LogP contribution >= 0.6 is 0 Å². The number of nitrogens with zero attached hydrogens (tertiary/aromatic N) is 12. The number of carbonyl (C=O) groups excluding carboxylic acids is 2. The Morgan fingerprint density at radius 2 is 0.836 bits per heavy atom.